The summed E-state index contributed by atoms with van der Waals surface area (Å²) in [6.07, 6.45) is 5.26. The second kappa shape index (κ2) is 7.63. The van der Waals surface area contributed by atoms with E-state index in [1.54, 1.807) is 6.20 Å². The van der Waals surface area contributed by atoms with Crippen molar-refractivity contribution >= 4 is 12.1 Å². The van der Waals surface area contributed by atoms with Gasteiger partial charge in [-0.1, -0.05) is 5.21 Å². The average Bonchev–Trinajstić information content (AvgIpc) is 2.91. The molecular weight excluding hydrogens is 312 g/mol. The Morgan fingerprint density at radius 1 is 1.33 bits per heavy atom. The zero-order chi connectivity index (χ0) is 17.7. The zero-order valence-electron chi connectivity index (χ0n) is 14.5. The molecule has 1 aromatic rings. The third kappa shape index (κ3) is 5.82. The lowest BCUT2D eigenvalue weighted by molar-refractivity contribution is -0.137. The Labute approximate surface area is 141 Å². The first-order valence-electron chi connectivity index (χ1n) is 8.31. The molecule has 1 saturated carbocycles. The SMILES string of the molecule is CC(C)(C)OC(=O)NCC1CCC(c2cn(CC(=O)O)nn2)CC1. The Kier molecular flexibility index (Phi) is 5.80. The van der Waals surface area contributed by atoms with E-state index in [0.717, 1.165) is 31.4 Å². The fourth-order valence-corrected chi connectivity index (χ4v) is 2.92. The number of carbonyl (C=O) groups excluding carboxylic acids is 1. The average molecular weight is 338 g/mol. The molecule has 0 atom stereocenters. The maximum atomic E-state index is 11.7. The van der Waals surface area contributed by atoms with Crippen LogP contribution in [0.1, 0.15) is 58.1 Å². The normalized spacial score (nSPS) is 21.3. The molecule has 1 heterocycles. The Balaban J connectivity index is 1.74. The van der Waals surface area contributed by atoms with Crippen LogP contribution in [0.25, 0.3) is 0 Å². The van der Waals surface area contributed by atoms with Crippen molar-refractivity contribution in [3.05, 3.63) is 11.9 Å². The largest absolute Gasteiger partial charge is 0.480 e. The van der Waals surface area contributed by atoms with Crippen LogP contribution in [0.3, 0.4) is 0 Å². The van der Waals surface area contributed by atoms with Crippen LogP contribution >= 0.6 is 0 Å². The number of carboxylic acids is 1. The molecule has 2 rings (SSSR count). The predicted octanol–water partition coefficient (Wildman–Crippen LogP) is 2.16. The number of nitrogens with zero attached hydrogens (tertiary/aromatic N) is 3. The Morgan fingerprint density at radius 2 is 2.00 bits per heavy atom. The maximum Gasteiger partial charge on any atom is 0.407 e. The minimum atomic E-state index is -0.927. The molecule has 0 bridgehead atoms. The number of carbonyl (C=O) groups is 2. The lowest BCUT2D eigenvalue weighted by Gasteiger charge is -2.28. The molecule has 134 valence electrons. The number of hydrogen-bond acceptors (Lipinski definition) is 5. The van der Waals surface area contributed by atoms with Crippen LogP contribution in [0.15, 0.2) is 6.20 Å². The van der Waals surface area contributed by atoms with Gasteiger partial charge in [0.05, 0.1) is 5.69 Å². The summed E-state index contributed by atoms with van der Waals surface area (Å²) >= 11 is 0. The van der Waals surface area contributed by atoms with Gasteiger partial charge in [0, 0.05) is 18.7 Å². The van der Waals surface area contributed by atoms with Crippen LogP contribution < -0.4 is 5.32 Å². The van der Waals surface area contributed by atoms with E-state index >= 15 is 0 Å². The van der Waals surface area contributed by atoms with E-state index in [0.29, 0.717) is 18.4 Å². The number of carboxylic acid groups (broad SMARTS) is 1. The molecule has 8 heteroatoms. The molecule has 1 aromatic heterocycles. The number of nitrogens with one attached hydrogen (secondary N) is 1. The summed E-state index contributed by atoms with van der Waals surface area (Å²) in [7, 11) is 0. The van der Waals surface area contributed by atoms with Gasteiger partial charge >= 0.3 is 12.1 Å². The number of amides is 1. The van der Waals surface area contributed by atoms with Crippen molar-refractivity contribution in [3.8, 4) is 0 Å². The molecule has 24 heavy (non-hydrogen) atoms. The number of aromatic nitrogens is 3. The molecule has 0 radical (unpaired) electrons. The van der Waals surface area contributed by atoms with E-state index in [2.05, 4.69) is 15.6 Å². The molecule has 1 amide bonds. The standard InChI is InChI=1S/C16H26N4O4/c1-16(2,3)24-15(23)17-8-11-4-6-12(7-5-11)13-9-20(19-18-13)10-14(21)22/h9,11-12H,4-8,10H2,1-3H3,(H,17,23)(H,21,22). The van der Waals surface area contributed by atoms with Gasteiger partial charge in [-0.2, -0.15) is 0 Å². The molecule has 1 fully saturated rings. The molecule has 0 saturated heterocycles. The van der Waals surface area contributed by atoms with Crippen molar-refractivity contribution in [2.45, 2.75) is 64.5 Å². The minimum absolute atomic E-state index is 0.165. The quantitative estimate of drug-likeness (QED) is 0.852. The summed E-state index contributed by atoms with van der Waals surface area (Å²) in [6, 6.07) is 0. The highest BCUT2D eigenvalue weighted by Crippen LogP contribution is 2.34. The van der Waals surface area contributed by atoms with E-state index < -0.39 is 11.6 Å². The van der Waals surface area contributed by atoms with Crippen LogP contribution in [0.2, 0.25) is 0 Å². The zero-order valence-corrected chi connectivity index (χ0v) is 14.5. The molecule has 0 aromatic carbocycles. The highest BCUT2D eigenvalue weighted by molar-refractivity contribution is 5.67. The van der Waals surface area contributed by atoms with Gasteiger partial charge in [-0.3, -0.25) is 4.79 Å². The fourth-order valence-electron chi connectivity index (χ4n) is 2.92. The van der Waals surface area contributed by atoms with Crippen molar-refractivity contribution in [3.63, 3.8) is 0 Å². The van der Waals surface area contributed by atoms with E-state index in [-0.39, 0.29) is 12.6 Å². The van der Waals surface area contributed by atoms with E-state index in [1.165, 1.54) is 4.68 Å². The first-order valence-corrected chi connectivity index (χ1v) is 8.31. The summed E-state index contributed by atoms with van der Waals surface area (Å²) < 4.78 is 6.59. The molecule has 0 aliphatic heterocycles. The van der Waals surface area contributed by atoms with Crippen molar-refractivity contribution in [1.29, 1.82) is 0 Å². The van der Waals surface area contributed by atoms with Gasteiger partial charge in [0.25, 0.3) is 0 Å². The van der Waals surface area contributed by atoms with Gasteiger partial charge in [-0.25, -0.2) is 9.48 Å². The summed E-state index contributed by atoms with van der Waals surface area (Å²) in [6.45, 7) is 5.98. The summed E-state index contributed by atoms with van der Waals surface area (Å²) in [4.78, 5) is 22.4. The monoisotopic (exact) mass is 338 g/mol. The second-order valence-corrected chi connectivity index (χ2v) is 7.34. The highest BCUT2D eigenvalue weighted by Gasteiger charge is 2.25. The Hall–Kier alpha value is -2.12. The van der Waals surface area contributed by atoms with Crippen molar-refractivity contribution in [1.82, 2.24) is 20.3 Å². The smallest absolute Gasteiger partial charge is 0.407 e. The molecule has 1 aliphatic carbocycles. The van der Waals surface area contributed by atoms with Gasteiger partial charge in [0.15, 0.2) is 0 Å². The molecular formula is C16H26N4O4. The Bertz CT molecular complexity index is 571. The van der Waals surface area contributed by atoms with Crippen LogP contribution in [0.4, 0.5) is 4.79 Å². The highest BCUT2D eigenvalue weighted by atomic mass is 16.6. The first kappa shape index (κ1) is 18.2. The van der Waals surface area contributed by atoms with E-state index in [9.17, 15) is 9.59 Å². The van der Waals surface area contributed by atoms with Crippen LogP contribution in [-0.4, -0.2) is 44.3 Å². The van der Waals surface area contributed by atoms with Gasteiger partial charge in [0.2, 0.25) is 0 Å². The molecule has 0 unspecified atom stereocenters. The van der Waals surface area contributed by atoms with Crippen LogP contribution in [0, 0.1) is 5.92 Å². The predicted molar refractivity (Wildman–Crippen MR) is 86.6 cm³/mol. The lowest BCUT2D eigenvalue weighted by atomic mass is 9.81. The summed E-state index contributed by atoms with van der Waals surface area (Å²) in [5.74, 6) is -0.184. The Morgan fingerprint density at radius 3 is 2.58 bits per heavy atom. The van der Waals surface area contributed by atoms with E-state index in [4.69, 9.17) is 9.84 Å². The maximum absolute atomic E-state index is 11.7. The van der Waals surface area contributed by atoms with Gasteiger partial charge < -0.3 is 15.2 Å². The number of hydrogen-bond donors (Lipinski definition) is 2. The number of ether oxygens (including phenoxy) is 1. The van der Waals surface area contributed by atoms with E-state index in [1.807, 2.05) is 20.8 Å². The van der Waals surface area contributed by atoms with Crippen molar-refractivity contribution in [2.75, 3.05) is 6.54 Å². The van der Waals surface area contributed by atoms with Crippen molar-refractivity contribution in [2.24, 2.45) is 5.92 Å². The summed E-state index contributed by atoms with van der Waals surface area (Å²) in [5.41, 5.74) is 0.374. The van der Waals surface area contributed by atoms with Crippen LogP contribution in [0.5, 0.6) is 0 Å². The second-order valence-electron chi connectivity index (χ2n) is 7.34. The minimum Gasteiger partial charge on any atom is -0.480 e. The fraction of sp³-hybridized carbons (Fsp3) is 0.750. The lowest BCUT2D eigenvalue weighted by Crippen LogP contribution is -2.36. The van der Waals surface area contributed by atoms with Gasteiger partial charge in [-0.05, 0) is 52.4 Å². The van der Waals surface area contributed by atoms with Crippen LogP contribution in [-0.2, 0) is 16.1 Å². The third-order valence-corrected chi connectivity index (χ3v) is 4.05. The van der Waals surface area contributed by atoms with Gasteiger partial charge in [0.1, 0.15) is 12.1 Å². The number of rotatable bonds is 5. The molecule has 1 aliphatic rings. The molecule has 2 N–H and O–H groups in total. The third-order valence-electron chi connectivity index (χ3n) is 4.05. The van der Waals surface area contributed by atoms with Gasteiger partial charge in [-0.15, -0.1) is 5.10 Å². The molecule has 0 spiro atoms. The summed E-state index contributed by atoms with van der Waals surface area (Å²) in [5, 5.41) is 19.5. The molecule has 8 nitrogen and oxygen atoms in total. The van der Waals surface area contributed by atoms with Crippen molar-refractivity contribution < 1.29 is 19.4 Å². The number of alkyl carbamates (subject to hydrolysis) is 1. The number of aliphatic carboxylic acids is 1. The first-order chi connectivity index (χ1) is 11.2. The topological polar surface area (TPSA) is 106 Å².